The minimum Gasteiger partial charge on any atom is -0.501 e. The number of carbonyl (C=O) groups excluding carboxylic acids is 1. The smallest absolute Gasteiger partial charge is 0.293 e. The maximum absolute atomic E-state index is 12.3. The second kappa shape index (κ2) is 8.13. The van der Waals surface area contributed by atoms with Gasteiger partial charge in [-0.3, -0.25) is 9.59 Å². The average molecular weight is 365 g/mol. The molecular weight excluding hydrogens is 344 g/mol. The van der Waals surface area contributed by atoms with E-state index in [-0.39, 0.29) is 18.3 Å². The highest BCUT2D eigenvalue weighted by atomic mass is 35.5. The first-order chi connectivity index (χ1) is 11.8. The quantitative estimate of drug-likeness (QED) is 0.722. The first-order valence-corrected chi connectivity index (χ1v) is 8.17. The van der Waals surface area contributed by atoms with Crippen LogP contribution in [-0.4, -0.2) is 46.0 Å². The highest BCUT2D eigenvalue weighted by molar-refractivity contribution is 6.31. The predicted octanol–water partition coefficient (Wildman–Crippen LogP) is 1.55. The number of nitrogens with zero attached hydrogens (tertiary/aromatic N) is 2. The number of halogens is 1. The van der Waals surface area contributed by atoms with Gasteiger partial charge in [-0.05, 0) is 32.6 Å². The normalized spacial score (nSPS) is 12.2. The van der Waals surface area contributed by atoms with Crippen molar-refractivity contribution in [1.82, 2.24) is 20.2 Å². The fourth-order valence-corrected chi connectivity index (χ4v) is 2.33. The topological polar surface area (TPSA) is 98.3 Å². The molecule has 0 aliphatic heterocycles. The van der Waals surface area contributed by atoms with Crippen molar-refractivity contribution in [2.24, 2.45) is 0 Å². The third kappa shape index (κ3) is 4.80. The molecule has 2 aromatic rings. The summed E-state index contributed by atoms with van der Waals surface area (Å²) in [7, 11) is 3.81. The number of likely N-dealkylation sites (N-methyl/N-ethyl adjacent to an activating group) is 1. The molecule has 0 saturated heterocycles. The Bertz CT molecular complexity index is 820. The molecule has 3 N–H and O–H groups in total. The van der Waals surface area contributed by atoms with Gasteiger partial charge in [-0.2, -0.15) is 0 Å². The van der Waals surface area contributed by atoms with Crippen molar-refractivity contribution in [2.45, 2.75) is 25.9 Å². The molecule has 134 valence electrons. The van der Waals surface area contributed by atoms with Crippen molar-refractivity contribution < 1.29 is 9.90 Å². The number of H-pyrrole nitrogens is 1. The summed E-state index contributed by atoms with van der Waals surface area (Å²) in [5.41, 5.74) is -0.307. The van der Waals surface area contributed by atoms with E-state index in [1.54, 1.807) is 24.3 Å². The van der Waals surface area contributed by atoms with Gasteiger partial charge in [-0.1, -0.05) is 29.8 Å². The van der Waals surface area contributed by atoms with Crippen LogP contribution in [0.5, 0.6) is 5.75 Å². The maximum atomic E-state index is 12.3. The van der Waals surface area contributed by atoms with Crippen molar-refractivity contribution in [3.8, 4) is 5.75 Å². The van der Waals surface area contributed by atoms with Gasteiger partial charge in [-0.15, -0.1) is 0 Å². The van der Waals surface area contributed by atoms with E-state index in [9.17, 15) is 14.7 Å². The van der Waals surface area contributed by atoms with Gasteiger partial charge in [0.25, 0.3) is 11.5 Å². The molecule has 0 spiro atoms. The Morgan fingerprint density at radius 1 is 1.40 bits per heavy atom. The van der Waals surface area contributed by atoms with Crippen LogP contribution in [0, 0.1) is 0 Å². The number of carbonyl (C=O) groups is 1. The van der Waals surface area contributed by atoms with Crippen LogP contribution in [0.2, 0.25) is 5.02 Å². The van der Waals surface area contributed by atoms with Crippen LogP contribution in [0.1, 0.15) is 28.8 Å². The van der Waals surface area contributed by atoms with E-state index in [2.05, 4.69) is 15.3 Å². The highest BCUT2D eigenvalue weighted by Gasteiger charge is 2.19. The molecule has 0 bridgehead atoms. The van der Waals surface area contributed by atoms with Crippen molar-refractivity contribution in [2.75, 3.05) is 14.1 Å². The Labute approximate surface area is 150 Å². The van der Waals surface area contributed by atoms with Gasteiger partial charge < -0.3 is 20.3 Å². The average Bonchev–Trinajstić information content (AvgIpc) is 2.56. The molecule has 2 rings (SSSR count). The summed E-state index contributed by atoms with van der Waals surface area (Å²) in [4.78, 5) is 32.8. The standard InChI is InChI=1S/C17H21ClN4O3/c1-10(22(2)3)8-13-20-14(15(23)17(25)21-13)16(24)19-9-11-6-4-5-7-12(11)18/h4-7,10,23H,8-9H2,1-3H3,(H,19,24)(H,20,21,25). The zero-order valence-corrected chi connectivity index (χ0v) is 15.1. The van der Waals surface area contributed by atoms with E-state index < -0.39 is 17.2 Å². The molecule has 0 aliphatic carbocycles. The molecule has 1 aromatic heterocycles. The Kier molecular flexibility index (Phi) is 6.17. The number of hydrogen-bond acceptors (Lipinski definition) is 5. The van der Waals surface area contributed by atoms with Gasteiger partial charge in [0.05, 0.1) is 0 Å². The lowest BCUT2D eigenvalue weighted by atomic mass is 10.2. The van der Waals surface area contributed by atoms with Gasteiger partial charge >= 0.3 is 0 Å². The highest BCUT2D eigenvalue weighted by Crippen LogP contribution is 2.15. The summed E-state index contributed by atoms with van der Waals surface area (Å²) in [6.07, 6.45) is 0.438. The molecule has 0 radical (unpaired) electrons. The van der Waals surface area contributed by atoms with Gasteiger partial charge in [-0.25, -0.2) is 4.98 Å². The molecule has 0 aliphatic rings. The zero-order chi connectivity index (χ0) is 18.6. The maximum Gasteiger partial charge on any atom is 0.293 e. The summed E-state index contributed by atoms with van der Waals surface area (Å²) in [5.74, 6) is -0.993. The number of aromatic amines is 1. The van der Waals surface area contributed by atoms with E-state index in [0.717, 1.165) is 5.56 Å². The van der Waals surface area contributed by atoms with Crippen molar-refractivity contribution in [3.05, 3.63) is 56.7 Å². The first kappa shape index (κ1) is 19.0. The fourth-order valence-electron chi connectivity index (χ4n) is 2.13. The molecule has 0 fully saturated rings. The molecule has 25 heavy (non-hydrogen) atoms. The summed E-state index contributed by atoms with van der Waals surface area (Å²) in [6, 6.07) is 7.18. The summed E-state index contributed by atoms with van der Waals surface area (Å²) in [6.45, 7) is 2.12. The van der Waals surface area contributed by atoms with Crippen LogP contribution < -0.4 is 10.9 Å². The number of amides is 1. The Hall–Kier alpha value is -2.38. The van der Waals surface area contributed by atoms with Gasteiger partial charge in [0.1, 0.15) is 5.82 Å². The Balaban J connectivity index is 2.19. The number of benzene rings is 1. The first-order valence-electron chi connectivity index (χ1n) is 7.79. The lowest BCUT2D eigenvalue weighted by Crippen LogP contribution is -2.31. The van der Waals surface area contributed by atoms with Crippen LogP contribution in [0.25, 0.3) is 0 Å². The van der Waals surface area contributed by atoms with Gasteiger partial charge in [0.15, 0.2) is 5.69 Å². The minimum atomic E-state index is -0.737. The van der Waals surface area contributed by atoms with Crippen LogP contribution in [0.4, 0.5) is 0 Å². The van der Waals surface area contributed by atoms with Crippen molar-refractivity contribution in [3.63, 3.8) is 0 Å². The number of nitrogens with one attached hydrogen (secondary N) is 2. The van der Waals surface area contributed by atoms with Gasteiger partial charge in [0.2, 0.25) is 5.75 Å². The fraction of sp³-hybridized carbons (Fsp3) is 0.353. The molecule has 1 atom stereocenters. The summed E-state index contributed by atoms with van der Waals surface area (Å²) >= 11 is 6.05. The SMILES string of the molecule is CC(Cc1nc(C(=O)NCc2ccccc2Cl)c(O)c(=O)[nH]1)N(C)C. The lowest BCUT2D eigenvalue weighted by Gasteiger charge is -2.19. The number of hydrogen-bond donors (Lipinski definition) is 3. The van der Waals surface area contributed by atoms with E-state index in [4.69, 9.17) is 11.6 Å². The van der Waals surface area contributed by atoms with Crippen molar-refractivity contribution >= 4 is 17.5 Å². The third-order valence-electron chi connectivity index (χ3n) is 3.93. The summed E-state index contributed by atoms with van der Waals surface area (Å²) < 4.78 is 0. The molecule has 1 heterocycles. The van der Waals surface area contributed by atoms with Crippen LogP contribution >= 0.6 is 11.6 Å². The van der Waals surface area contributed by atoms with Crippen molar-refractivity contribution in [1.29, 1.82) is 0 Å². The molecular formula is C17H21ClN4O3. The molecule has 1 amide bonds. The van der Waals surface area contributed by atoms with E-state index in [1.165, 1.54) is 0 Å². The monoisotopic (exact) mass is 364 g/mol. The number of aromatic nitrogens is 2. The molecule has 8 heteroatoms. The minimum absolute atomic E-state index is 0.103. The summed E-state index contributed by atoms with van der Waals surface area (Å²) in [5, 5.41) is 13.0. The Morgan fingerprint density at radius 2 is 2.08 bits per heavy atom. The third-order valence-corrected chi connectivity index (χ3v) is 4.30. The largest absolute Gasteiger partial charge is 0.501 e. The molecule has 7 nitrogen and oxygen atoms in total. The second-order valence-electron chi connectivity index (χ2n) is 6.00. The zero-order valence-electron chi connectivity index (χ0n) is 14.3. The lowest BCUT2D eigenvalue weighted by molar-refractivity contribution is 0.0942. The predicted molar refractivity (Wildman–Crippen MR) is 96.0 cm³/mol. The van der Waals surface area contributed by atoms with Crippen LogP contribution in [-0.2, 0) is 13.0 Å². The molecule has 0 saturated carbocycles. The van der Waals surface area contributed by atoms with E-state index >= 15 is 0 Å². The molecule has 1 unspecified atom stereocenters. The second-order valence-corrected chi connectivity index (χ2v) is 6.41. The molecule has 1 aromatic carbocycles. The Morgan fingerprint density at radius 3 is 2.72 bits per heavy atom. The number of rotatable bonds is 6. The van der Waals surface area contributed by atoms with Gasteiger partial charge in [0, 0.05) is 24.0 Å². The van der Waals surface area contributed by atoms with E-state index in [0.29, 0.717) is 17.3 Å². The van der Waals surface area contributed by atoms with E-state index in [1.807, 2.05) is 25.9 Å². The van der Waals surface area contributed by atoms with Crippen LogP contribution in [0.15, 0.2) is 29.1 Å². The number of aromatic hydroxyl groups is 1. The van der Waals surface area contributed by atoms with Crippen LogP contribution in [0.3, 0.4) is 0 Å².